The summed E-state index contributed by atoms with van der Waals surface area (Å²) in [5.41, 5.74) is 2.73. The van der Waals surface area contributed by atoms with E-state index >= 15 is 0 Å². The van der Waals surface area contributed by atoms with E-state index in [2.05, 4.69) is 19.2 Å². The van der Waals surface area contributed by atoms with Crippen LogP contribution in [0, 0.1) is 10.1 Å². The molecule has 1 aliphatic rings. The van der Waals surface area contributed by atoms with Crippen molar-refractivity contribution in [1.29, 1.82) is 0 Å². The van der Waals surface area contributed by atoms with Gasteiger partial charge in [-0.15, -0.1) is 0 Å². The van der Waals surface area contributed by atoms with Crippen LogP contribution in [0.15, 0.2) is 42.5 Å². The summed E-state index contributed by atoms with van der Waals surface area (Å²) >= 11 is 0. The number of nitro groups is 1. The molecule has 0 spiro atoms. The quantitative estimate of drug-likeness (QED) is 0.598. The Hall–Kier alpha value is -2.89. The molecule has 1 heterocycles. The summed E-state index contributed by atoms with van der Waals surface area (Å²) in [5, 5.41) is 14.4. The molecular formula is C21H25N3O3. The normalized spacial score (nSPS) is 14.3. The Balaban J connectivity index is 1.80. The van der Waals surface area contributed by atoms with Gasteiger partial charge in [0.15, 0.2) is 0 Å². The van der Waals surface area contributed by atoms with Crippen LogP contribution >= 0.6 is 0 Å². The maximum absolute atomic E-state index is 12.5. The van der Waals surface area contributed by atoms with Crippen molar-refractivity contribution in [3.05, 3.63) is 63.7 Å². The number of piperidine rings is 1. The van der Waals surface area contributed by atoms with E-state index in [0.29, 0.717) is 17.3 Å². The molecule has 2 aromatic rings. The van der Waals surface area contributed by atoms with Crippen molar-refractivity contribution in [2.45, 2.75) is 39.0 Å². The number of benzene rings is 2. The van der Waals surface area contributed by atoms with Crippen LogP contribution in [0.2, 0.25) is 0 Å². The SMILES string of the molecule is CC(C)c1ccc(NC(=O)c2ccc(N3CCCCC3)c([N+](=O)[O-])c2)cc1. The molecule has 0 atom stereocenters. The molecule has 1 N–H and O–H groups in total. The van der Waals surface area contributed by atoms with E-state index < -0.39 is 4.92 Å². The summed E-state index contributed by atoms with van der Waals surface area (Å²) in [6.45, 7) is 5.84. The molecule has 142 valence electrons. The molecule has 1 saturated heterocycles. The van der Waals surface area contributed by atoms with Crippen LogP contribution < -0.4 is 10.2 Å². The largest absolute Gasteiger partial charge is 0.366 e. The second kappa shape index (κ2) is 8.20. The fraction of sp³-hybridized carbons (Fsp3) is 0.381. The Labute approximate surface area is 159 Å². The Bertz CT molecular complexity index is 825. The molecule has 3 rings (SSSR count). The predicted molar refractivity (Wildman–Crippen MR) is 108 cm³/mol. The summed E-state index contributed by atoms with van der Waals surface area (Å²) in [6, 6.07) is 12.4. The van der Waals surface area contributed by atoms with Gasteiger partial charge in [0.05, 0.1) is 4.92 Å². The average Bonchev–Trinajstić information content (AvgIpc) is 2.68. The van der Waals surface area contributed by atoms with E-state index in [9.17, 15) is 14.9 Å². The first-order valence-corrected chi connectivity index (χ1v) is 9.40. The zero-order valence-corrected chi connectivity index (χ0v) is 15.8. The molecule has 27 heavy (non-hydrogen) atoms. The zero-order valence-electron chi connectivity index (χ0n) is 15.8. The molecule has 6 heteroatoms. The number of anilines is 2. The molecule has 0 unspecified atom stereocenters. The third-order valence-corrected chi connectivity index (χ3v) is 4.97. The molecule has 0 aliphatic carbocycles. The van der Waals surface area contributed by atoms with E-state index in [-0.39, 0.29) is 17.2 Å². The van der Waals surface area contributed by atoms with Crippen molar-refractivity contribution >= 4 is 23.0 Å². The number of nitrogens with zero attached hydrogens (tertiary/aromatic N) is 2. The van der Waals surface area contributed by atoms with Gasteiger partial charge in [-0.05, 0) is 55.0 Å². The molecule has 2 aromatic carbocycles. The highest BCUT2D eigenvalue weighted by atomic mass is 16.6. The van der Waals surface area contributed by atoms with Gasteiger partial charge in [-0.3, -0.25) is 14.9 Å². The van der Waals surface area contributed by atoms with Crippen LogP contribution in [0.4, 0.5) is 17.1 Å². The highest BCUT2D eigenvalue weighted by molar-refractivity contribution is 6.05. The first-order chi connectivity index (χ1) is 13.0. The van der Waals surface area contributed by atoms with Crippen LogP contribution in [-0.2, 0) is 0 Å². The maximum Gasteiger partial charge on any atom is 0.293 e. The number of carbonyl (C=O) groups excluding carboxylic acids is 1. The molecule has 0 bridgehead atoms. The van der Waals surface area contributed by atoms with E-state index in [1.165, 1.54) is 11.6 Å². The topological polar surface area (TPSA) is 75.5 Å². The van der Waals surface area contributed by atoms with Gasteiger partial charge in [-0.1, -0.05) is 26.0 Å². The number of rotatable bonds is 5. The van der Waals surface area contributed by atoms with Crippen molar-refractivity contribution in [2.75, 3.05) is 23.3 Å². The van der Waals surface area contributed by atoms with Crippen molar-refractivity contribution in [3.8, 4) is 0 Å². The van der Waals surface area contributed by atoms with Gasteiger partial charge >= 0.3 is 0 Å². The number of carbonyl (C=O) groups is 1. The minimum Gasteiger partial charge on any atom is -0.366 e. The maximum atomic E-state index is 12.5. The highest BCUT2D eigenvalue weighted by Gasteiger charge is 2.23. The van der Waals surface area contributed by atoms with Crippen molar-refractivity contribution in [1.82, 2.24) is 0 Å². The fourth-order valence-electron chi connectivity index (χ4n) is 3.37. The monoisotopic (exact) mass is 367 g/mol. The Morgan fingerprint density at radius 2 is 1.74 bits per heavy atom. The van der Waals surface area contributed by atoms with Gasteiger partial charge in [-0.2, -0.15) is 0 Å². The third kappa shape index (κ3) is 4.45. The van der Waals surface area contributed by atoms with E-state index in [0.717, 1.165) is 32.4 Å². The molecule has 1 fully saturated rings. The lowest BCUT2D eigenvalue weighted by atomic mass is 10.0. The van der Waals surface area contributed by atoms with Crippen LogP contribution in [-0.4, -0.2) is 23.9 Å². The lowest BCUT2D eigenvalue weighted by Crippen LogP contribution is -2.30. The minimum absolute atomic E-state index is 0.0142. The molecule has 0 saturated carbocycles. The standard InChI is InChI=1S/C21H25N3O3/c1-15(2)16-6-9-18(10-7-16)22-21(25)17-8-11-19(20(14-17)24(26)27)23-12-4-3-5-13-23/h6-11,14-15H,3-5,12-13H2,1-2H3,(H,22,25). The molecule has 1 amide bonds. The lowest BCUT2D eigenvalue weighted by molar-refractivity contribution is -0.384. The summed E-state index contributed by atoms with van der Waals surface area (Å²) in [7, 11) is 0. The second-order valence-corrected chi connectivity index (χ2v) is 7.24. The van der Waals surface area contributed by atoms with Gasteiger partial charge in [0, 0.05) is 30.4 Å². The van der Waals surface area contributed by atoms with Gasteiger partial charge in [-0.25, -0.2) is 0 Å². The van der Waals surface area contributed by atoms with Crippen molar-refractivity contribution in [2.24, 2.45) is 0 Å². The Morgan fingerprint density at radius 1 is 1.07 bits per heavy atom. The van der Waals surface area contributed by atoms with Crippen LogP contribution in [0.3, 0.4) is 0 Å². The van der Waals surface area contributed by atoms with E-state index in [4.69, 9.17) is 0 Å². The molecule has 0 aromatic heterocycles. The van der Waals surface area contributed by atoms with Gasteiger partial charge in [0.1, 0.15) is 5.69 Å². The predicted octanol–water partition coefficient (Wildman–Crippen LogP) is 4.96. The minimum atomic E-state index is -0.405. The number of nitro benzene ring substituents is 1. The summed E-state index contributed by atoms with van der Waals surface area (Å²) in [6.07, 6.45) is 3.22. The van der Waals surface area contributed by atoms with Crippen LogP contribution in [0.25, 0.3) is 0 Å². The lowest BCUT2D eigenvalue weighted by Gasteiger charge is -2.28. The average molecular weight is 367 g/mol. The summed E-state index contributed by atoms with van der Waals surface area (Å²) < 4.78 is 0. The molecule has 6 nitrogen and oxygen atoms in total. The third-order valence-electron chi connectivity index (χ3n) is 4.97. The van der Waals surface area contributed by atoms with Gasteiger partial charge in [0.2, 0.25) is 0 Å². The molecule has 0 radical (unpaired) electrons. The summed E-state index contributed by atoms with van der Waals surface area (Å²) in [4.78, 5) is 25.7. The van der Waals surface area contributed by atoms with E-state index in [1.807, 2.05) is 29.2 Å². The fourth-order valence-corrected chi connectivity index (χ4v) is 3.37. The zero-order chi connectivity index (χ0) is 19.4. The first kappa shape index (κ1) is 18.9. The number of hydrogen-bond acceptors (Lipinski definition) is 4. The van der Waals surface area contributed by atoms with Crippen molar-refractivity contribution < 1.29 is 9.72 Å². The molecular weight excluding hydrogens is 342 g/mol. The number of hydrogen-bond donors (Lipinski definition) is 1. The summed E-state index contributed by atoms with van der Waals surface area (Å²) in [5.74, 6) is 0.0697. The van der Waals surface area contributed by atoms with Gasteiger partial charge in [0.25, 0.3) is 11.6 Å². The van der Waals surface area contributed by atoms with E-state index in [1.54, 1.807) is 12.1 Å². The van der Waals surface area contributed by atoms with Crippen LogP contribution in [0.5, 0.6) is 0 Å². The smallest absolute Gasteiger partial charge is 0.293 e. The van der Waals surface area contributed by atoms with Crippen molar-refractivity contribution in [3.63, 3.8) is 0 Å². The number of nitrogens with one attached hydrogen (secondary N) is 1. The first-order valence-electron chi connectivity index (χ1n) is 9.40. The molecule has 1 aliphatic heterocycles. The van der Waals surface area contributed by atoms with Crippen LogP contribution in [0.1, 0.15) is 54.9 Å². The Morgan fingerprint density at radius 3 is 2.33 bits per heavy atom. The van der Waals surface area contributed by atoms with Gasteiger partial charge < -0.3 is 10.2 Å². The Kier molecular flexibility index (Phi) is 5.74. The number of amides is 1. The second-order valence-electron chi connectivity index (χ2n) is 7.24. The highest BCUT2D eigenvalue weighted by Crippen LogP contribution is 2.31.